The minimum absolute atomic E-state index is 0.239. The van der Waals surface area contributed by atoms with Gasteiger partial charge in [0, 0.05) is 19.0 Å². The van der Waals surface area contributed by atoms with Crippen LogP contribution in [0.3, 0.4) is 0 Å². The first-order chi connectivity index (χ1) is 7.85. The van der Waals surface area contributed by atoms with Crippen LogP contribution in [-0.4, -0.2) is 37.5 Å². The largest absolute Gasteiger partial charge is 0.345 e. The first kappa shape index (κ1) is 14.5. The van der Waals surface area contributed by atoms with Gasteiger partial charge < -0.3 is 10.2 Å². The van der Waals surface area contributed by atoms with E-state index < -0.39 is 0 Å². The normalized spacial score (nSPS) is 21.6. The summed E-state index contributed by atoms with van der Waals surface area (Å²) >= 11 is 0. The predicted molar refractivity (Wildman–Crippen MR) is 71.8 cm³/mol. The second-order valence-electron chi connectivity index (χ2n) is 6.34. The van der Waals surface area contributed by atoms with Crippen LogP contribution in [-0.2, 0) is 4.79 Å². The van der Waals surface area contributed by atoms with Gasteiger partial charge in [0.2, 0.25) is 5.91 Å². The molecule has 1 heterocycles. The van der Waals surface area contributed by atoms with Gasteiger partial charge in [0.15, 0.2) is 0 Å². The highest BCUT2D eigenvalue weighted by Crippen LogP contribution is 2.33. The highest BCUT2D eigenvalue weighted by Gasteiger charge is 2.38. The third-order valence-electron chi connectivity index (χ3n) is 3.85. The summed E-state index contributed by atoms with van der Waals surface area (Å²) in [6, 6.07) is 0. The molecule has 17 heavy (non-hydrogen) atoms. The summed E-state index contributed by atoms with van der Waals surface area (Å²) in [7, 11) is 1.93. The average Bonchev–Trinajstić information content (AvgIpc) is 2.28. The molecular formula is C14H28N2O. The van der Waals surface area contributed by atoms with Crippen molar-refractivity contribution in [2.45, 2.75) is 40.5 Å². The topological polar surface area (TPSA) is 32.3 Å². The molecule has 0 aliphatic carbocycles. The first-order valence-electron chi connectivity index (χ1n) is 6.82. The van der Waals surface area contributed by atoms with Crippen molar-refractivity contribution in [2.24, 2.45) is 17.3 Å². The van der Waals surface area contributed by atoms with Gasteiger partial charge in [-0.2, -0.15) is 0 Å². The third-order valence-corrected chi connectivity index (χ3v) is 3.85. The van der Waals surface area contributed by atoms with E-state index in [1.807, 2.05) is 11.9 Å². The number of hydrogen-bond acceptors (Lipinski definition) is 2. The number of nitrogens with zero attached hydrogens (tertiary/aromatic N) is 1. The SMILES string of the molecule is CC(C)CN(C)C(=O)C(C)(C)C1CCCNC1. The number of nitrogens with one attached hydrogen (secondary N) is 1. The van der Waals surface area contributed by atoms with Crippen molar-refractivity contribution < 1.29 is 4.79 Å². The summed E-state index contributed by atoms with van der Waals surface area (Å²) in [6.45, 7) is 11.4. The van der Waals surface area contributed by atoms with Crippen molar-refractivity contribution in [3.63, 3.8) is 0 Å². The van der Waals surface area contributed by atoms with Crippen molar-refractivity contribution in [3.05, 3.63) is 0 Å². The van der Waals surface area contributed by atoms with Gasteiger partial charge in [-0.3, -0.25) is 4.79 Å². The fourth-order valence-electron chi connectivity index (χ4n) is 2.76. The maximum absolute atomic E-state index is 12.5. The van der Waals surface area contributed by atoms with E-state index in [4.69, 9.17) is 0 Å². The highest BCUT2D eigenvalue weighted by molar-refractivity contribution is 5.82. The van der Waals surface area contributed by atoms with E-state index >= 15 is 0 Å². The Morgan fingerprint density at radius 2 is 2.12 bits per heavy atom. The molecule has 0 saturated carbocycles. The molecule has 0 radical (unpaired) electrons. The maximum atomic E-state index is 12.5. The molecule has 1 saturated heterocycles. The summed E-state index contributed by atoms with van der Waals surface area (Å²) in [5.41, 5.74) is -0.239. The second-order valence-corrected chi connectivity index (χ2v) is 6.34. The lowest BCUT2D eigenvalue weighted by Gasteiger charge is -2.38. The smallest absolute Gasteiger partial charge is 0.228 e. The number of carbonyl (C=O) groups excluding carboxylic acids is 1. The Kier molecular flexibility index (Phi) is 4.99. The average molecular weight is 240 g/mol. The molecule has 1 amide bonds. The van der Waals surface area contributed by atoms with Gasteiger partial charge in [-0.1, -0.05) is 27.7 Å². The van der Waals surface area contributed by atoms with Crippen LogP contribution in [0.2, 0.25) is 0 Å². The van der Waals surface area contributed by atoms with Crippen molar-refractivity contribution in [2.75, 3.05) is 26.7 Å². The van der Waals surface area contributed by atoms with Gasteiger partial charge in [0.25, 0.3) is 0 Å². The molecule has 0 aromatic carbocycles. The Labute approximate surface area is 106 Å². The summed E-state index contributed by atoms with van der Waals surface area (Å²) < 4.78 is 0. The quantitative estimate of drug-likeness (QED) is 0.816. The summed E-state index contributed by atoms with van der Waals surface area (Å²) in [6.07, 6.45) is 2.36. The predicted octanol–water partition coefficient (Wildman–Crippen LogP) is 2.13. The van der Waals surface area contributed by atoms with Crippen molar-refractivity contribution in [1.29, 1.82) is 0 Å². The van der Waals surface area contributed by atoms with Crippen LogP contribution >= 0.6 is 0 Å². The molecular weight excluding hydrogens is 212 g/mol. The van der Waals surface area contributed by atoms with E-state index in [2.05, 4.69) is 33.0 Å². The number of piperidine rings is 1. The van der Waals surface area contributed by atoms with Crippen LogP contribution in [0.1, 0.15) is 40.5 Å². The molecule has 1 unspecified atom stereocenters. The first-order valence-corrected chi connectivity index (χ1v) is 6.82. The van der Waals surface area contributed by atoms with Crippen molar-refractivity contribution >= 4 is 5.91 Å². The molecule has 1 N–H and O–H groups in total. The third kappa shape index (κ3) is 3.70. The second kappa shape index (κ2) is 5.85. The minimum atomic E-state index is -0.239. The molecule has 0 aromatic rings. The zero-order valence-electron chi connectivity index (χ0n) is 12.0. The molecule has 1 fully saturated rings. The lowest BCUT2D eigenvalue weighted by molar-refractivity contribution is -0.142. The Morgan fingerprint density at radius 1 is 1.47 bits per heavy atom. The number of amides is 1. The highest BCUT2D eigenvalue weighted by atomic mass is 16.2. The van der Waals surface area contributed by atoms with Crippen molar-refractivity contribution in [1.82, 2.24) is 10.2 Å². The Hall–Kier alpha value is -0.570. The van der Waals surface area contributed by atoms with E-state index in [1.165, 1.54) is 12.8 Å². The fraction of sp³-hybridized carbons (Fsp3) is 0.929. The van der Waals surface area contributed by atoms with E-state index in [9.17, 15) is 4.79 Å². The lowest BCUT2D eigenvalue weighted by atomic mass is 9.74. The van der Waals surface area contributed by atoms with E-state index in [1.54, 1.807) is 0 Å². The van der Waals surface area contributed by atoms with Crippen molar-refractivity contribution in [3.8, 4) is 0 Å². The lowest BCUT2D eigenvalue weighted by Crippen LogP contribution is -2.48. The molecule has 100 valence electrons. The Bertz CT molecular complexity index is 255. The summed E-state index contributed by atoms with van der Waals surface area (Å²) in [5, 5.41) is 3.40. The Balaban J connectivity index is 2.64. The van der Waals surface area contributed by atoms with Gasteiger partial charge in [-0.15, -0.1) is 0 Å². The summed E-state index contributed by atoms with van der Waals surface area (Å²) in [4.78, 5) is 14.4. The molecule has 0 spiro atoms. The van der Waals surface area contributed by atoms with Crippen LogP contribution in [0.5, 0.6) is 0 Å². The molecule has 3 heteroatoms. The molecule has 1 aliphatic heterocycles. The number of rotatable bonds is 4. The van der Waals surface area contributed by atoms with Crippen LogP contribution < -0.4 is 5.32 Å². The molecule has 0 aromatic heterocycles. The van der Waals surface area contributed by atoms with E-state index in [0.29, 0.717) is 17.7 Å². The molecule has 3 nitrogen and oxygen atoms in total. The van der Waals surface area contributed by atoms with Gasteiger partial charge >= 0.3 is 0 Å². The molecule has 1 atom stereocenters. The van der Waals surface area contributed by atoms with Crippen LogP contribution in [0.25, 0.3) is 0 Å². The van der Waals surface area contributed by atoms with E-state index in [-0.39, 0.29) is 5.41 Å². The van der Waals surface area contributed by atoms with Crippen LogP contribution in [0.15, 0.2) is 0 Å². The van der Waals surface area contributed by atoms with Crippen LogP contribution in [0.4, 0.5) is 0 Å². The molecule has 1 rings (SSSR count). The zero-order valence-corrected chi connectivity index (χ0v) is 12.0. The van der Waals surface area contributed by atoms with Crippen LogP contribution in [0, 0.1) is 17.3 Å². The van der Waals surface area contributed by atoms with Gasteiger partial charge in [0.05, 0.1) is 0 Å². The monoisotopic (exact) mass is 240 g/mol. The number of hydrogen-bond donors (Lipinski definition) is 1. The van der Waals surface area contributed by atoms with Gasteiger partial charge in [0.1, 0.15) is 0 Å². The van der Waals surface area contributed by atoms with Gasteiger partial charge in [-0.25, -0.2) is 0 Å². The maximum Gasteiger partial charge on any atom is 0.228 e. The summed E-state index contributed by atoms with van der Waals surface area (Å²) in [5.74, 6) is 1.29. The zero-order chi connectivity index (χ0) is 13.1. The fourth-order valence-corrected chi connectivity index (χ4v) is 2.76. The number of carbonyl (C=O) groups is 1. The Morgan fingerprint density at radius 3 is 2.59 bits per heavy atom. The standard InChI is InChI=1S/C14H28N2O/c1-11(2)10-16(5)13(17)14(3,4)12-7-6-8-15-9-12/h11-12,15H,6-10H2,1-5H3. The van der Waals surface area contributed by atoms with E-state index in [0.717, 1.165) is 19.6 Å². The molecule has 0 bridgehead atoms. The minimum Gasteiger partial charge on any atom is -0.345 e. The van der Waals surface area contributed by atoms with Gasteiger partial charge in [-0.05, 0) is 37.8 Å². The molecule has 1 aliphatic rings.